The third kappa shape index (κ3) is 2.48. The van der Waals surface area contributed by atoms with Crippen LogP contribution in [-0.2, 0) is 25.7 Å². The molecule has 0 spiro atoms. The van der Waals surface area contributed by atoms with Crippen molar-refractivity contribution in [2.75, 3.05) is 0 Å². The SMILES string of the molecule is O=C1C[C@H]2CC[C@H](C(=O)OCc3ccccc3)[C@H]2O1. The average molecular weight is 260 g/mol. The quantitative estimate of drug-likeness (QED) is 0.781. The monoisotopic (exact) mass is 260 g/mol. The van der Waals surface area contributed by atoms with Crippen molar-refractivity contribution in [3.63, 3.8) is 0 Å². The van der Waals surface area contributed by atoms with Crippen LogP contribution in [0, 0.1) is 11.8 Å². The maximum absolute atomic E-state index is 12.1. The lowest BCUT2D eigenvalue weighted by Gasteiger charge is -2.16. The summed E-state index contributed by atoms with van der Waals surface area (Å²) in [5.74, 6) is -0.497. The maximum Gasteiger partial charge on any atom is 0.313 e. The third-order valence-electron chi connectivity index (χ3n) is 3.93. The number of carbonyl (C=O) groups is 2. The van der Waals surface area contributed by atoms with Gasteiger partial charge >= 0.3 is 11.9 Å². The minimum Gasteiger partial charge on any atom is -0.461 e. The largest absolute Gasteiger partial charge is 0.461 e. The van der Waals surface area contributed by atoms with E-state index in [4.69, 9.17) is 9.47 Å². The summed E-state index contributed by atoms with van der Waals surface area (Å²) in [6.07, 6.45) is 1.83. The second kappa shape index (κ2) is 5.03. The molecule has 4 nitrogen and oxygen atoms in total. The summed E-state index contributed by atoms with van der Waals surface area (Å²) in [6, 6.07) is 9.58. The third-order valence-corrected chi connectivity index (χ3v) is 3.93. The number of hydrogen-bond donors (Lipinski definition) is 0. The molecule has 1 aromatic rings. The van der Waals surface area contributed by atoms with E-state index in [-0.39, 0.29) is 36.5 Å². The highest BCUT2D eigenvalue weighted by atomic mass is 16.6. The van der Waals surface area contributed by atoms with Crippen LogP contribution in [0.4, 0.5) is 0 Å². The van der Waals surface area contributed by atoms with E-state index in [1.54, 1.807) is 0 Å². The van der Waals surface area contributed by atoms with Gasteiger partial charge in [0.05, 0.1) is 12.3 Å². The van der Waals surface area contributed by atoms with Crippen LogP contribution in [0.3, 0.4) is 0 Å². The molecule has 0 aromatic heterocycles. The number of fused-ring (bicyclic) bond motifs is 1. The van der Waals surface area contributed by atoms with Crippen molar-refractivity contribution in [1.29, 1.82) is 0 Å². The molecule has 1 saturated carbocycles. The first-order valence-corrected chi connectivity index (χ1v) is 6.64. The molecule has 3 rings (SSSR count). The number of hydrogen-bond acceptors (Lipinski definition) is 4. The van der Waals surface area contributed by atoms with Gasteiger partial charge in [0.15, 0.2) is 0 Å². The van der Waals surface area contributed by atoms with E-state index in [2.05, 4.69) is 0 Å². The fraction of sp³-hybridized carbons (Fsp3) is 0.467. The molecule has 1 aliphatic carbocycles. The van der Waals surface area contributed by atoms with Crippen LogP contribution in [0.2, 0.25) is 0 Å². The zero-order valence-electron chi connectivity index (χ0n) is 10.6. The van der Waals surface area contributed by atoms with Gasteiger partial charge in [-0.15, -0.1) is 0 Å². The molecule has 0 bridgehead atoms. The zero-order valence-corrected chi connectivity index (χ0v) is 10.6. The van der Waals surface area contributed by atoms with Gasteiger partial charge in [0.2, 0.25) is 0 Å². The Hall–Kier alpha value is -1.84. The normalized spacial score (nSPS) is 28.8. The second-order valence-corrected chi connectivity index (χ2v) is 5.20. The van der Waals surface area contributed by atoms with Crippen LogP contribution < -0.4 is 0 Å². The predicted molar refractivity (Wildman–Crippen MR) is 66.9 cm³/mol. The molecule has 0 unspecified atom stereocenters. The first-order valence-electron chi connectivity index (χ1n) is 6.64. The van der Waals surface area contributed by atoms with Gasteiger partial charge in [0, 0.05) is 5.92 Å². The molecule has 2 aliphatic rings. The summed E-state index contributed by atoms with van der Waals surface area (Å²) in [7, 11) is 0. The first-order chi connectivity index (χ1) is 9.24. The van der Waals surface area contributed by atoms with Crippen LogP contribution >= 0.6 is 0 Å². The lowest BCUT2D eigenvalue weighted by Crippen LogP contribution is -2.28. The molecule has 19 heavy (non-hydrogen) atoms. The fourth-order valence-electron chi connectivity index (χ4n) is 2.95. The lowest BCUT2D eigenvalue weighted by atomic mass is 10.0. The Labute approximate surface area is 111 Å². The second-order valence-electron chi connectivity index (χ2n) is 5.20. The molecule has 1 saturated heterocycles. The molecular weight excluding hydrogens is 244 g/mol. The van der Waals surface area contributed by atoms with Crippen LogP contribution in [0.1, 0.15) is 24.8 Å². The number of rotatable bonds is 3. The zero-order chi connectivity index (χ0) is 13.2. The molecule has 1 aromatic carbocycles. The Morgan fingerprint density at radius 2 is 2.05 bits per heavy atom. The van der Waals surface area contributed by atoms with Crippen molar-refractivity contribution in [1.82, 2.24) is 0 Å². The van der Waals surface area contributed by atoms with E-state index in [0.717, 1.165) is 18.4 Å². The van der Waals surface area contributed by atoms with Gasteiger partial charge in [-0.25, -0.2) is 0 Å². The average Bonchev–Trinajstić information content (AvgIpc) is 2.96. The summed E-state index contributed by atoms with van der Waals surface area (Å²) in [5.41, 5.74) is 0.966. The van der Waals surface area contributed by atoms with Crippen LogP contribution in [0.25, 0.3) is 0 Å². The topological polar surface area (TPSA) is 52.6 Å². The van der Waals surface area contributed by atoms with Gasteiger partial charge < -0.3 is 9.47 Å². The van der Waals surface area contributed by atoms with Crippen LogP contribution in [-0.4, -0.2) is 18.0 Å². The van der Waals surface area contributed by atoms with Gasteiger partial charge in [-0.05, 0) is 18.4 Å². The number of esters is 2. The maximum atomic E-state index is 12.1. The highest BCUT2D eigenvalue weighted by Gasteiger charge is 2.48. The molecule has 0 amide bonds. The van der Waals surface area contributed by atoms with Crippen LogP contribution in [0.5, 0.6) is 0 Å². The highest BCUT2D eigenvalue weighted by Crippen LogP contribution is 2.41. The summed E-state index contributed by atoms with van der Waals surface area (Å²) in [4.78, 5) is 23.3. The summed E-state index contributed by atoms with van der Waals surface area (Å²) >= 11 is 0. The van der Waals surface area contributed by atoms with Gasteiger partial charge in [0.1, 0.15) is 12.7 Å². The standard InChI is InChI=1S/C15H16O4/c16-13-8-11-6-7-12(14(11)19-13)15(17)18-9-10-4-2-1-3-5-10/h1-5,11-12,14H,6-9H2/t11-,12+,14+/m1/s1. The lowest BCUT2D eigenvalue weighted by molar-refractivity contribution is -0.156. The van der Waals surface area contributed by atoms with Crippen molar-refractivity contribution >= 4 is 11.9 Å². The van der Waals surface area contributed by atoms with Gasteiger partial charge in [-0.2, -0.15) is 0 Å². The molecule has 0 radical (unpaired) electrons. The molecule has 1 heterocycles. The van der Waals surface area contributed by atoms with Crippen molar-refractivity contribution < 1.29 is 19.1 Å². The smallest absolute Gasteiger partial charge is 0.313 e. The van der Waals surface area contributed by atoms with Gasteiger partial charge in [-0.1, -0.05) is 30.3 Å². The van der Waals surface area contributed by atoms with E-state index in [9.17, 15) is 9.59 Å². The van der Waals surface area contributed by atoms with Crippen molar-refractivity contribution in [2.24, 2.45) is 11.8 Å². The van der Waals surface area contributed by atoms with Gasteiger partial charge in [-0.3, -0.25) is 9.59 Å². The molecule has 2 fully saturated rings. The summed E-state index contributed by atoms with van der Waals surface area (Å²) in [6.45, 7) is 0.279. The van der Waals surface area contributed by atoms with Gasteiger partial charge in [0.25, 0.3) is 0 Å². The number of ether oxygens (including phenoxy) is 2. The van der Waals surface area contributed by atoms with E-state index in [1.807, 2.05) is 30.3 Å². The fourth-order valence-corrected chi connectivity index (χ4v) is 2.95. The van der Waals surface area contributed by atoms with E-state index in [1.165, 1.54) is 0 Å². The molecular formula is C15H16O4. The van der Waals surface area contributed by atoms with E-state index < -0.39 is 0 Å². The van der Waals surface area contributed by atoms with Crippen molar-refractivity contribution in [2.45, 2.75) is 32.0 Å². The summed E-state index contributed by atoms with van der Waals surface area (Å²) < 4.78 is 10.6. The van der Waals surface area contributed by atoms with E-state index >= 15 is 0 Å². The molecule has 100 valence electrons. The molecule has 0 N–H and O–H groups in total. The van der Waals surface area contributed by atoms with Crippen molar-refractivity contribution in [3.8, 4) is 0 Å². The Morgan fingerprint density at radius 1 is 1.26 bits per heavy atom. The minimum atomic E-state index is -0.278. The Balaban J connectivity index is 1.58. The minimum absolute atomic E-state index is 0.185. The Bertz CT molecular complexity index is 482. The Morgan fingerprint density at radius 3 is 2.84 bits per heavy atom. The molecule has 4 heteroatoms. The van der Waals surface area contributed by atoms with Crippen molar-refractivity contribution in [3.05, 3.63) is 35.9 Å². The van der Waals surface area contributed by atoms with Crippen LogP contribution in [0.15, 0.2) is 30.3 Å². The predicted octanol–water partition coefficient (Wildman–Crippen LogP) is 2.07. The summed E-state index contributed by atoms with van der Waals surface area (Å²) in [5, 5.41) is 0. The Kier molecular flexibility index (Phi) is 3.23. The molecule has 1 aliphatic heterocycles. The van der Waals surface area contributed by atoms with E-state index in [0.29, 0.717) is 6.42 Å². The molecule has 3 atom stereocenters. The number of benzene rings is 1. The first kappa shape index (κ1) is 12.2. The number of carbonyl (C=O) groups excluding carboxylic acids is 2. The highest BCUT2D eigenvalue weighted by molar-refractivity contribution is 5.77.